The van der Waals surface area contributed by atoms with E-state index in [1.54, 1.807) is 0 Å². The molecular weight excluding hydrogens is 238 g/mol. The first-order valence-electron chi connectivity index (χ1n) is 5.89. The topological polar surface area (TPSA) is 64.1 Å². The third-order valence-electron chi connectivity index (χ3n) is 3.24. The summed E-state index contributed by atoms with van der Waals surface area (Å²) in [6, 6.07) is 7.15. The summed E-state index contributed by atoms with van der Waals surface area (Å²) >= 11 is 5.85. The van der Waals surface area contributed by atoms with Crippen molar-refractivity contribution < 1.29 is 15.0 Å². The van der Waals surface area contributed by atoms with E-state index in [0.717, 1.165) is 31.7 Å². The standard InChI is InChI=1S/C12H16ClN3O/c13-10-3-1-9(2-4-10)11(12(14)17)16-7-5-15-6-8-16/h1-4,11,15H,5-8H2,(H2,14,17)/p+2/t11-/m1/s1. The number of carbonyl (C=O) groups is 1. The number of primary amides is 1. The Morgan fingerprint density at radius 2 is 1.88 bits per heavy atom. The summed E-state index contributed by atoms with van der Waals surface area (Å²) in [7, 11) is 0. The first kappa shape index (κ1) is 12.4. The van der Waals surface area contributed by atoms with Crippen LogP contribution in [0.4, 0.5) is 0 Å². The molecule has 1 saturated heterocycles. The van der Waals surface area contributed by atoms with Crippen molar-refractivity contribution in [2.24, 2.45) is 5.73 Å². The largest absolute Gasteiger partial charge is 0.364 e. The van der Waals surface area contributed by atoms with E-state index >= 15 is 0 Å². The Kier molecular flexibility index (Phi) is 3.99. The van der Waals surface area contributed by atoms with Crippen molar-refractivity contribution in [3.05, 3.63) is 34.9 Å². The zero-order chi connectivity index (χ0) is 12.3. The molecular formula is C12H18ClN3O+2. The van der Waals surface area contributed by atoms with Gasteiger partial charge in [-0.05, 0) is 12.1 Å². The molecule has 17 heavy (non-hydrogen) atoms. The summed E-state index contributed by atoms with van der Waals surface area (Å²) in [4.78, 5) is 12.9. The highest BCUT2D eigenvalue weighted by Crippen LogP contribution is 2.14. The van der Waals surface area contributed by atoms with E-state index in [0.29, 0.717) is 5.02 Å². The molecule has 0 unspecified atom stereocenters. The number of piperazine rings is 1. The van der Waals surface area contributed by atoms with Crippen molar-refractivity contribution in [3.63, 3.8) is 0 Å². The molecule has 92 valence electrons. The lowest BCUT2D eigenvalue weighted by Gasteiger charge is -2.28. The molecule has 0 bridgehead atoms. The predicted molar refractivity (Wildman–Crippen MR) is 65.7 cm³/mol. The molecule has 0 saturated carbocycles. The van der Waals surface area contributed by atoms with Gasteiger partial charge in [-0.15, -0.1) is 0 Å². The van der Waals surface area contributed by atoms with Crippen molar-refractivity contribution in [1.82, 2.24) is 0 Å². The summed E-state index contributed by atoms with van der Waals surface area (Å²) in [5.41, 5.74) is 6.49. The second kappa shape index (κ2) is 5.49. The van der Waals surface area contributed by atoms with E-state index in [1.165, 1.54) is 4.90 Å². The van der Waals surface area contributed by atoms with Crippen LogP contribution in [0.2, 0.25) is 5.02 Å². The Bertz CT molecular complexity index is 387. The van der Waals surface area contributed by atoms with Gasteiger partial charge in [0.25, 0.3) is 5.91 Å². The molecule has 5 heteroatoms. The molecule has 0 aliphatic carbocycles. The maximum atomic E-state index is 11.6. The van der Waals surface area contributed by atoms with Crippen LogP contribution >= 0.6 is 11.6 Å². The zero-order valence-electron chi connectivity index (χ0n) is 9.66. The second-order valence-electron chi connectivity index (χ2n) is 4.41. The third kappa shape index (κ3) is 2.97. The number of quaternary nitrogens is 2. The normalized spacial score (nSPS) is 18.9. The molecule has 1 atom stereocenters. The SMILES string of the molecule is NC(=O)[C@@H](c1ccc(Cl)cc1)[NH+]1CC[NH2+]CC1. The van der Waals surface area contributed by atoms with Gasteiger partial charge in [0, 0.05) is 10.6 Å². The van der Waals surface area contributed by atoms with Crippen molar-refractivity contribution in [1.29, 1.82) is 0 Å². The quantitative estimate of drug-likeness (QED) is 0.594. The van der Waals surface area contributed by atoms with Gasteiger partial charge in [0.15, 0.2) is 6.04 Å². The van der Waals surface area contributed by atoms with Gasteiger partial charge in [0.1, 0.15) is 26.2 Å². The Hall–Kier alpha value is -1.10. The number of nitrogens with one attached hydrogen (secondary N) is 1. The minimum Gasteiger partial charge on any atom is -0.364 e. The van der Waals surface area contributed by atoms with Gasteiger partial charge in [-0.3, -0.25) is 4.79 Å². The fourth-order valence-corrected chi connectivity index (χ4v) is 2.52. The van der Waals surface area contributed by atoms with Crippen LogP contribution in [-0.4, -0.2) is 32.1 Å². The molecule has 0 aromatic heterocycles. The summed E-state index contributed by atoms with van der Waals surface area (Å²) in [5, 5.41) is 2.95. The number of carbonyl (C=O) groups excluding carboxylic acids is 1. The van der Waals surface area contributed by atoms with Crippen molar-refractivity contribution >= 4 is 17.5 Å². The summed E-state index contributed by atoms with van der Waals surface area (Å²) in [6.07, 6.45) is 0. The molecule has 0 radical (unpaired) electrons. The van der Waals surface area contributed by atoms with Crippen LogP contribution in [0.15, 0.2) is 24.3 Å². The summed E-state index contributed by atoms with van der Waals surface area (Å²) < 4.78 is 0. The fourth-order valence-electron chi connectivity index (χ4n) is 2.39. The molecule has 1 aromatic carbocycles. The summed E-state index contributed by atoms with van der Waals surface area (Å²) in [6.45, 7) is 4.03. The lowest BCUT2D eigenvalue weighted by Crippen LogP contribution is -3.21. The van der Waals surface area contributed by atoms with Crippen LogP contribution in [0.3, 0.4) is 0 Å². The minimum atomic E-state index is -0.260. The van der Waals surface area contributed by atoms with E-state index < -0.39 is 0 Å². The number of hydrogen-bond acceptors (Lipinski definition) is 1. The lowest BCUT2D eigenvalue weighted by molar-refractivity contribution is -0.964. The van der Waals surface area contributed by atoms with Gasteiger partial charge in [-0.1, -0.05) is 23.7 Å². The molecule has 1 aliphatic rings. The maximum Gasteiger partial charge on any atom is 0.280 e. The highest BCUT2D eigenvalue weighted by Gasteiger charge is 2.31. The fraction of sp³-hybridized carbons (Fsp3) is 0.417. The monoisotopic (exact) mass is 255 g/mol. The maximum absolute atomic E-state index is 11.6. The average molecular weight is 256 g/mol. The lowest BCUT2D eigenvalue weighted by atomic mass is 10.0. The Balaban J connectivity index is 2.21. The van der Waals surface area contributed by atoms with Crippen LogP contribution in [0, 0.1) is 0 Å². The first-order chi connectivity index (χ1) is 8.18. The van der Waals surface area contributed by atoms with Crippen molar-refractivity contribution in [3.8, 4) is 0 Å². The van der Waals surface area contributed by atoms with Gasteiger partial charge < -0.3 is 16.0 Å². The smallest absolute Gasteiger partial charge is 0.280 e. The highest BCUT2D eigenvalue weighted by molar-refractivity contribution is 6.30. The number of hydrogen-bond donors (Lipinski definition) is 3. The number of amides is 1. The number of benzene rings is 1. The van der Waals surface area contributed by atoms with Gasteiger partial charge >= 0.3 is 0 Å². The molecule has 1 aromatic rings. The van der Waals surface area contributed by atoms with Crippen LogP contribution in [0.1, 0.15) is 11.6 Å². The van der Waals surface area contributed by atoms with E-state index in [4.69, 9.17) is 17.3 Å². The third-order valence-corrected chi connectivity index (χ3v) is 3.49. The predicted octanol–water partition coefficient (Wildman–Crippen LogP) is -1.67. The molecule has 1 aliphatic heterocycles. The van der Waals surface area contributed by atoms with Crippen LogP contribution in [-0.2, 0) is 4.79 Å². The van der Waals surface area contributed by atoms with Gasteiger partial charge in [0.05, 0.1) is 0 Å². The first-order valence-corrected chi connectivity index (χ1v) is 6.27. The number of nitrogens with two attached hydrogens (primary N) is 2. The van der Waals surface area contributed by atoms with Gasteiger partial charge in [-0.2, -0.15) is 0 Å². The Morgan fingerprint density at radius 1 is 1.29 bits per heavy atom. The van der Waals surface area contributed by atoms with E-state index in [-0.39, 0.29) is 11.9 Å². The molecule has 0 spiro atoms. The van der Waals surface area contributed by atoms with E-state index in [9.17, 15) is 4.79 Å². The van der Waals surface area contributed by atoms with Crippen molar-refractivity contribution in [2.45, 2.75) is 6.04 Å². The molecule has 2 rings (SSSR count). The van der Waals surface area contributed by atoms with E-state index in [2.05, 4.69) is 5.32 Å². The molecule has 4 nitrogen and oxygen atoms in total. The Labute approximate surface area is 106 Å². The summed E-state index contributed by atoms with van der Waals surface area (Å²) in [5.74, 6) is -0.260. The molecule has 1 heterocycles. The average Bonchev–Trinajstić information content (AvgIpc) is 2.33. The highest BCUT2D eigenvalue weighted by atomic mass is 35.5. The Morgan fingerprint density at radius 3 is 2.41 bits per heavy atom. The molecule has 1 fully saturated rings. The van der Waals surface area contributed by atoms with Gasteiger partial charge in [-0.25, -0.2) is 0 Å². The number of rotatable bonds is 3. The molecule has 5 N–H and O–H groups in total. The van der Waals surface area contributed by atoms with Crippen LogP contribution in [0.25, 0.3) is 0 Å². The van der Waals surface area contributed by atoms with Crippen LogP contribution < -0.4 is 16.0 Å². The van der Waals surface area contributed by atoms with E-state index in [1.807, 2.05) is 24.3 Å². The van der Waals surface area contributed by atoms with Gasteiger partial charge in [0.2, 0.25) is 0 Å². The second-order valence-corrected chi connectivity index (χ2v) is 4.85. The number of halogens is 1. The van der Waals surface area contributed by atoms with Crippen molar-refractivity contribution in [2.75, 3.05) is 26.2 Å². The minimum absolute atomic E-state index is 0.249. The molecule has 1 amide bonds. The van der Waals surface area contributed by atoms with Crippen LogP contribution in [0.5, 0.6) is 0 Å². The zero-order valence-corrected chi connectivity index (χ0v) is 10.4.